The molecule has 0 saturated carbocycles. The van der Waals surface area contributed by atoms with Crippen LogP contribution in [0.3, 0.4) is 0 Å². The van der Waals surface area contributed by atoms with Crippen LogP contribution in [0, 0.1) is 11.3 Å². The lowest BCUT2D eigenvalue weighted by molar-refractivity contribution is -0.112. The molecule has 1 aromatic carbocycles. The first-order chi connectivity index (χ1) is 12.0. The monoisotopic (exact) mass is 355 g/mol. The molecule has 0 saturated heterocycles. The molecular formula is C17H13N3O4S. The zero-order valence-electron chi connectivity index (χ0n) is 13.0. The SMILES string of the molecule is C=CCn1c(=O)/c(=C/c2ccc3c(c2)OCO3)s/c1=C(/C#N)C(N)=O. The fourth-order valence-electron chi connectivity index (χ4n) is 2.36. The highest BCUT2D eigenvalue weighted by Crippen LogP contribution is 2.32. The zero-order valence-corrected chi connectivity index (χ0v) is 13.8. The summed E-state index contributed by atoms with van der Waals surface area (Å²) in [5.74, 6) is 0.358. The number of carbonyl (C=O) groups is 1. The molecule has 0 spiro atoms. The van der Waals surface area contributed by atoms with Gasteiger partial charge in [-0.15, -0.1) is 17.9 Å². The summed E-state index contributed by atoms with van der Waals surface area (Å²) in [5, 5.41) is 9.18. The van der Waals surface area contributed by atoms with E-state index in [-0.39, 0.29) is 29.1 Å². The van der Waals surface area contributed by atoms with E-state index in [0.29, 0.717) is 16.0 Å². The molecule has 1 aromatic heterocycles. The van der Waals surface area contributed by atoms with Crippen LogP contribution in [0.2, 0.25) is 0 Å². The van der Waals surface area contributed by atoms with Crippen LogP contribution in [0.5, 0.6) is 11.5 Å². The Kier molecular flexibility index (Phi) is 4.41. The maximum Gasteiger partial charge on any atom is 0.269 e. The number of rotatable bonds is 4. The van der Waals surface area contributed by atoms with Crippen molar-refractivity contribution in [2.24, 2.45) is 5.73 Å². The Morgan fingerprint density at radius 2 is 2.20 bits per heavy atom. The Hall–Kier alpha value is -3.31. The van der Waals surface area contributed by atoms with Crippen LogP contribution in [0.1, 0.15) is 5.56 Å². The van der Waals surface area contributed by atoms with Crippen LogP contribution in [0.25, 0.3) is 11.6 Å². The second-order valence-electron chi connectivity index (χ2n) is 5.08. The Balaban J connectivity index is 2.25. The number of hydrogen-bond acceptors (Lipinski definition) is 6. The van der Waals surface area contributed by atoms with Crippen molar-refractivity contribution in [1.29, 1.82) is 5.26 Å². The summed E-state index contributed by atoms with van der Waals surface area (Å²) >= 11 is 1.03. The molecule has 0 fully saturated rings. The summed E-state index contributed by atoms with van der Waals surface area (Å²) in [4.78, 5) is 24.1. The number of primary amides is 1. The number of carbonyl (C=O) groups excluding carboxylic acids is 1. The molecule has 3 rings (SSSR count). The van der Waals surface area contributed by atoms with Gasteiger partial charge in [0, 0.05) is 6.54 Å². The second-order valence-corrected chi connectivity index (χ2v) is 6.11. The average Bonchev–Trinajstić information content (AvgIpc) is 3.15. The number of allylic oxidation sites excluding steroid dienone is 1. The number of benzene rings is 1. The Morgan fingerprint density at radius 1 is 1.44 bits per heavy atom. The summed E-state index contributed by atoms with van der Waals surface area (Å²) in [6, 6.07) is 7.05. The van der Waals surface area contributed by atoms with Gasteiger partial charge in [0.1, 0.15) is 10.7 Å². The molecule has 0 unspecified atom stereocenters. The lowest BCUT2D eigenvalue weighted by atomic mass is 10.2. The van der Waals surface area contributed by atoms with E-state index in [4.69, 9.17) is 15.2 Å². The number of nitrogens with zero attached hydrogens (tertiary/aromatic N) is 2. The molecule has 2 heterocycles. The molecule has 1 aliphatic heterocycles. The highest BCUT2D eigenvalue weighted by molar-refractivity contribution is 7.07. The molecule has 0 bridgehead atoms. The number of nitriles is 1. The summed E-state index contributed by atoms with van der Waals surface area (Å²) in [6.07, 6.45) is 3.17. The molecule has 8 heteroatoms. The molecule has 0 radical (unpaired) electrons. The summed E-state index contributed by atoms with van der Waals surface area (Å²) in [6.45, 7) is 3.92. The molecule has 126 valence electrons. The van der Waals surface area contributed by atoms with Gasteiger partial charge in [-0.3, -0.25) is 14.2 Å². The molecule has 1 aliphatic rings. The standard InChI is InChI=1S/C17H13N3O4S/c1-2-5-20-16(22)14(25-17(20)11(8-18)15(19)21)7-10-3-4-12-13(6-10)24-9-23-12/h2-4,6-7H,1,5,9H2,(H2,19,21)/b14-7-,17-11-. The summed E-state index contributed by atoms with van der Waals surface area (Å²) < 4.78 is 12.5. The van der Waals surface area contributed by atoms with Gasteiger partial charge in [0.25, 0.3) is 11.5 Å². The van der Waals surface area contributed by atoms with Crippen LogP contribution in [-0.4, -0.2) is 17.3 Å². The van der Waals surface area contributed by atoms with Crippen molar-refractivity contribution in [3.8, 4) is 17.6 Å². The van der Waals surface area contributed by atoms with Gasteiger partial charge in [0.15, 0.2) is 17.1 Å². The zero-order chi connectivity index (χ0) is 18.0. The van der Waals surface area contributed by atoms with Crippen molar-refractivity contribution in [1.82, 2.24) is 4.57 Å². The minimum Gasteiger partial charge on any atom is -0.454 e. The van der Waals surface area contributed by atoms with E-state index >= 15 is 0 Å². The highest BCUT2D eigenvalue weighted by atomic mass is 32.1. The molecule has 0 atom stereocenters. The molecule has 7 nitrogen and oxygen atoms in total. The van der Waals surface area contributed by atoms with E-state index in [1.807, 2.05) is 0 Å². The Morgan fingerprint density at radius 3 is 2.88 bits per heavy atom. The number of nitrogens with two attached hydrogens (primary N) is 1. The van der Waals surface area contributed by atoms with Crippen LogP contribution in [0.15, 0.2) is 35.6 Å². The molecule has 2 N–H and O–H groups in total. The molecule has 1 amide bonds. The van der Waals surface area contributed by atoms with Gasteiger partial charge in [-0.25, -0.2) is 0 Å². The number of fused-ring (bicyclic) bond motifs is 1. The third-order valence-corrected chi connectivity index (χ3v) is 4.62. The second kappa shape index (κ2) is 6.67. The molecule has 2 aromatic rings. The average molecular weight is 355 g/mol. The largest absolute Gasteiger partial charge is 0.454 e. The van der Waals surface area contributed by atoms with E-state index < -0.39 is 5.91 Å². The van der Waals surface area contributed by atoms with E-state index in [0.717, 1.165) is 16.9 Å². The highest BCUT2D eigenvalue weighted by Gasteiger charge is 2.14. The normalized spacial score (nSPS) is 14.1. The Labute approximate surface area is 146 Å². The third kappa shape index (κ3) is 3.05. The van der Waals surface area contributed by atoms with E-state index in [1.165, 1.54) is 10.6 Å². The predicted molar refractivity (Wildman–Crippen MR) is 92.4 cm³/mol. The fraction of sp³-hybridized carbons (Fsp3) is 0.118. The van der Waals surface area contributed by atoms with Gasteiger partial charge in [-0.2, -0.15) is 5.26 Å². The predicted octanol–water partition coefficient (Wildman–Crippen LogP) is -0.187. The van der Waals surface area contributed by atoms with Crippen LogP contribution in [-0.2, 0) is 11.3 Å². The number of aromatic nitrogens is 1. The van der Waals surface area contributed by atoms with Crippen molar-refractivity contribution < 1.29 is 14.3 Å². The topological polar surface area (TPSA) is 107 Å². The molecule has 0 aliphatic carbocycles. The van der Waals surface area contributed by atoms with Gasteiger partial charge in [-0.05, 0) is 23.8 Å². The van der Waals surface area contributed by atoms with Gasteiger partial charge in [0.2, 0.25) is 6.79 Å². The maximum atomic E-state index is 12.6. The lowest BCUT2D eigenvalue weighted by Gasteiger charge is -1.97. The van der Waals surface area contributed by atoms with Crippen molar-refractivity contribution in [2.75, 3.05) is 6.79 Å². The van der Waals surface area contributed by atoms with Gasteiger partial charge < -0.3 is 15.2 Å². The van der Waals surface area contributed by atoms with Crippen LogP contribution in [0.4, 0.5) is 0 Å². The van der Waals surface area contributed by atoms with Crippen LogP contribution >= 0.6 is 11.3 Å². The quantitative estimate of drug-likeness (QED) is 0.765. The third-order valence-electron chi connectivity index (χ3n) is 3.49. The van der Waals surface area contributed by atoms with Gasteiger partial charge in [0.05, 0.1) is 4.53 Å². The maximum absolute atomic E-state index is 12.6. The first-order valence-corrected chi connectivity index (χ1v) is 8.03. The first-order valence-electron chi connectivity index (χ1n) is 7.21. The minimum atomic E-state index is -0.879. The van der Waals surface area contributed by atoms with Gasteiger partial charge in [-0.1, -0.05) is 12.1 Å². The number of thiazole rings is 1. The fourth-order valence-corrected chi connectivity index (χ4v) is 3.48. The smallest absolute Gasteiger partial charge is 0.269 e. The number of ether oxygens (including phenoxy) is 2. The lowest BCUT2D eigenvalue weighted by Crippen LogP contribution is -2.33. The molecule has 25 heavy (non-hydrogen) atoms. The van der Waals surface area contributed by atoms with E-state index in [2.05, 4.69) is 6.58 Å². The summed E-state index contributed by atoms with van der Waals surface area (Å²) in [5.41, 5.74) is 5.40. The van der Waals surface area contributed by atoms with Gasteiger partial charge >= 0.3 is 0 Å². The van der Waals surface area contributed by atoms with Crippen molar-refractivity contribution >= 4 is 28.9 Å². The number of amides is 1. The van der Waals surface area contributed by atoms with E-state index in [1.54, 1.807) is 30.3 Å². The minimum absolute atomic E-state index is 0.160. The van der Waals surface area contributed by atoms with E-state index in [9.17, 15) is 14.9 Å². The van der Waals surface area contributed by atoms with Crippen molar-refractivity contribution in [3.63, 3.8) is 0 Å². The first kappa shape index (κ1) is 16.5. The van der Waals surface area contributed by atoms with Crippen LogP contribution < -0.4 is 30.0 Å². The number of hydrogen-bond donors (Lipinski definition) is 1. The summed E-state index contributed by atoms with van der Waals surface area (Å²) in [7, 11) is 0. The van der Waals surface area contributed by atoms with Crippen molar-refractivity contribution in [3.05, 3.63) is 56.0 Å². The Bertz CT molecular complexity index is 1090. The molecular weight excluding hydrogens is 342 g/mol. The van der Waals surface area contributed by atoms with Crippen molar-refractivity contribution in [2.45, 2.75) is 6.54 Å².